The summed E-state index contributed by atoms with van der Waals surface area (Å²) in [5.74, 6) is 0.00151. The Bertz CT molecular complexity index is 472. The van der Waals surface area contributed by atoms with Crippen LogP contribution in [0.4, 0.5) is 0 Å². The zero-order valence-corrected chi connectivity index (χ0v) is 11.7. The van der Waals surface area contributed by atoms with E-state index in [-0.39, 0.29) is 5.91 Å². The van der Waals surface area contributed by atoms with Gasteiger partial charge in [0.15, 0.2) is 0 Å². The van der Waals surface area contributed by atoms with Crippen LogP contribution in [0.15, 0.2) is 24.3 Å². The number of carbonyl (C=O) groups is 2. The van der Waals surface area contributed by atoms with Crippen molar-refractivity contribution in [1.82, 2.24) is 4.90 Å². The number of nitrogens with zero attached hydrogens (tertiary/aromatic N) is 1. The number of hydrogen-bond donors (Lipinski definition) is 1. The summed E-state index contributed by atoms with van der Waals surface area (Å²) in [6.07, 6.45) is 1.03. The van der Waals surface area contributed by atoms with Crippen molar-refractivity contribution >= 4 is 23.6 Å². The molecule has 0 aromatic heterocycles. The zero-order chi connectivity index (χ0) is 13.8. The lowest BCUT2D eigenvalue weighted by atomic mass is 10.1. The van der Waals surface area contributed by atoms with E-state index < -0.39 is 12.0 Å². The highest BCUT2D eigenvalue weighted by molar-refractivity contribution is 7.99. The number of carboxylic acids is 1. The van der Waals surface area contributed by atoms with Gasteiger partial charge in [-0.15, -0.1) is 11.8 Å². The third-order valence-corrected chi connectivity index (χ3v) is 4.25. The van der Waals surface area contributed by atoms with Gasteiger partial charge in [0.25, 0.3) is 0 Å². The van der Waals surface area contributed by atoms with Crippen LogP contribution in [-0.4, -0.2) is 39.6 Å². The Kier molecular flexibility index (Phi) is 4.47. The van der Waals surface area contributed by atoms with Gasteiger partial charge >= 0.3 is 5.97 Å². The van der Waals surface area contributed by atoms with Gasteiger partial charge in [-0.1, -0.05) is 29.8 Å². The Morgan fingerprint density at radius 2 is 2.05 bits per heavy atom. The van der Waals surface area contributed by atoms with Crippen LogP contribution in [0.25, 0.3) is 0 Å². The molecule has 19 heavy (non-hydrogen) atoms. The standard InChI is InChI=1S/C14H17NO3S/c1-10-2-4-11(5-3-10)6-7-13(16)15-9-19-8-12(15)14(17)18/h2-5,12H,6-9H2,1H3,(H,17,18). The highest BCUT2D eigenvalue weighted by atomic mass is 32.2. The lowest BCUT2D eigenvalue weighted by Gasteiger charge is -2.20. The van der Waals surface area contributed by atoms with Gasteiger partial charge < -0.3 is 10.0 Å². The van der Waals surface area contributed by atoms with E-state index in [0.717, 1.165) is 5.56 Å². The van der Waals surface area contributed by atoms with Crippen molar-refractivity contribution < 1.29 is 14.7 Å². The van der Waals surface area contributed by atoms with Crippen LogP contribution in [-0.2, 0) is 16.0 Å². The van der Waals surface area contributed by atoms with Crippen LogP contribution in [0.5, 0.6) is 0 Å². The molecule has 0 spiro atoms. The minimum absolute atomic E-state index is 0.0713. The van der Waals surface area contributed by atoms with Gasteiger partial charge in [0.1, 0.15) is 6.04 Å². The van der Waals surface area contributed by atoms with E-state index >= 15 is 0 Å². The average molecular weight is 279 g/mol. The number of carbonyl (C=O) groups excluding carboxylic acids is 1. The van der Waals surface area contributed by atoms with Crippen molar-refractivity contribution in [3.05, 3.63) is 35.4 Å². The maximum atomic E-state index is 12.0. The summed E-state index contributed by atoms with van der Waals surface area (Å²) in [6.45, 7) is 2.02. The van der Waals surface area contributed by atoms with Gasteiger partial charge in [-0.2, -0.15) is 0 Å². The summed E-state index contributed by atoms with van der Waals surface area (Å²) in [6, 6.07) is 7.40. The minimum Gasteiger partial charge on any atom is -0.480 e. The lowest BCUT2D eigenvalue weighted by Crippen LogP contribution is -2.41. The highest BCUT2D eigenvalue weighted by Crippen LogP contribution is 2.22. The molecule has 2 rings (SSSR count). The van der Waals surface area contributed by atoms with Gasteiger partial charge in [-0.25, -0.2) is 4.79 Å². The van der Waals surface area contributed by atoms with Gasteiger partial charge in [-0.3, -0.25) is 4.79 Å². The number of rotatable bonds is 4. The molecule has 1 amide bonds. The second-order valence-corrected chi connectivity index (χ2v) is 5.70. The molecule has 5 heteroatoms. The third kappa shape index (κ3) is 3.50. The quantitative estimate of drug-likeness (QED) is 0.914. The van der Waals surface area contributed by atoms with E-state index in [1.165, 1.54) is 22.2 Å². The summed E-state index contributed by atoms with van der Waals surface area (Å²) in [7, 11) is 0. The van der Waals surface area contributed by atoms with Gasteiger partial charge in [0, 0.05) is 12.2 Å². The maximum absolute atomic E-state index is 12.0. The first-order valence-corrected chi connectivity index (χ1v) is 7.39. The Labute approximate surface area is 116 Å². The Balaban J connectivity index is 1.90. The molecule has 1 aromatic carbocycles. The molecule has 4 nitrogen and oxygen atoms in total. The Morgan fingerprint density at radius 1 is 1.37 bits per heavy atom. The van der Waals surface area contributed by atoms with Crippen LogP contribution in [0.2, 0.25) is 0 Å². The molecule has 0 bridgehead atoms. The Hall–Kier alpha value is -1.49. The molecule has 1 unspecified atom stereocenters. The normalized spacial score (nSPS) is 18.6. The van der Waals surface area contributed by atoms with Gasteiger partial charge in [0.05, 0.1) is 5.88 Å². The van der Waals surface area contributed by atoms with Crippen LogP contribution < -0.4 is 0 Å². The zero-order valence-electron chi connectivity index (χ0n) is 10.8. The van der Waals surface area contributed by atoms with Crippen LogP contribution in [0, 0.1) is 6.92 Å². The number of aryl methyl sites for hydroxylation is 2. The minimum atomic E-state index is -0.909. The summed E-state index contributed by atoms with van der Waals surface area (Å²) in [5.41, 5.74) is 2.30. The topological polar surface area (TPSA) is 57.6 Å². The Morgan fingerprint density at radius 3 is 2.68 bits per heavy atom. The van der Waals surface area contributed by atoms with Crippen molar-refractivity contribution in [3.63, 3.8) is 0 Å². The number of aliphatic carboxylic acids is 1. The SMILES string of the molecule is Cc1ccc(CCC(=O)N2CSCC2C(=O)O)cc1. The summed E-state index contributed by atoms with van der Waals surface area (Å²) in [4.78, 5) is 24.5. The fourth-order valence-electron chi connectivity index (χ4n) is 2.04. The first-order chi connectivity index (χ1) is 9.08. The smallest absolute Gasteiger partial charge is 0.327 e. The summed E-state index contributed by atoms with van der Waals surface area (Å²) in [5, 5.41) is 9.04. The van der Waals surface area contributed by atoms with Gasteiger partial charge in [0.2, 0.25) is 5.91 Å². The highest BCUT2D eigenvalue weighted by Gasteiger charge is 2.33. The number of hydrogen-bond acceptors (Lipinski definition) is 3. The van der Waals surface area contributed by atoms with Gasteiger partial charge in [-0.05, 0) is 18.9 Å². The number of amides is 1. The molecule has 0 saturated carbocycles. The second kappa shape index (κ2) is 6.10. The second-order valence-electron chi connectivity index (χ2n) is 4.70. The molecule has 0 radical (unpaired) electrons. The van der Waals surface area contributed by atoms with Crippen molar-refractivity contribution in [2.24, 2.45) is 0 Å². The van der Waals surface area contributed by atoms with E-state index in [2.05, 4.69) is 0 Å². The third-order valence-electron chi connectivity index (χ3n) is 3.24. The van der Waals surface area contributed by atoms with E-state index in [1.807, 2.05) is 31.2 Å². The fraction of sp³-hybridized carbons (Fsp3) is 0.429. The van der Waals surface area contributed by atoms with Crippen LogP contribution in [0.1, 0.15) is 17.5 Å². The molecule has 1 aromatic rings. The van der Waals surface area contributed by atoms with E-state index in [4.69, 9.17) is 5.11 Å². The molecule has 1 saturated heterocycles. The number of thioether (sulfide) groups is 1. The number of benzene rings is 1. The van der Waals surface area contributed by atoms with Crippen molar-refractivity contribution in [2.45, 2.75) is 25.8 Å². The molecule has 102 valence electrons. The lowest BCUT2D eigenvalue weighted by molar-refractivity contribution is -0.147. The number of carboxylic acid groups (broad SMARTS) is 1. The summed E-state index contributed by atoms with van der Waals surface area (Å²) < 4.78 is 0. The molecule has 1 N–H and O–H groups in total. The molecule has 1 aliphatic heterocycles. The molecule has 1 fully saturated rings. The monoisotopic (exact) mass is 279 g/mol. The molecular formula is C14H17NO3S. The predicted molar refractivity (Wildman–Crippen MR) is 75.1 cm³/mol. The largest absolute Gasteiger partial charge is 0.480 e. The van der Waals surface area contributed by atoms with Crippen molar-refractivity contribution in [1.29, 1.82) is 0 Å². The maximum Gasteiger partial charge on any atom is 0.327 e. The van der Waals surface area contributed by atoms with Crippen molar-refractivity contribution in [2.75, 3.05) is 11.6 Å². The van der Waals surface area contributed by atoms with E-state index in [9.17, 15) is 9.59 Å². The summed E-state index contributed by atoms with van der Waals surface area (Å²) >= 11 is 1.49. The molecular weight excluding hydrogens is 262 g/mol. The van der Waals surface area contributed by atoms with Crippen molar-refractivity contribution in [3.8, 4) is 0 Å². The molecule has 1 aliphatic rings. The average Bonchev–Trinajstić information content (AvgIpc) is 2.87. The van der Waals surface area contributed by atoms with E-state index in [1.54, 1.807) is 0 Å². The first-order valence-electron chi connectivity index (χ1n) is 6.23. The molecule has 1 heterocycles. The fourth-order valence-corrected chi connectivity index (χ4v) is 3.21. The molecule has 1 atom stereocenters. The van der Waals surface area contributed by atoms with E-state index in [0.29, 0.717) is 24.5 Å². The first kappa shape index (κ1) is 13.9. The van der Waals surface area contributed by atoms with Crippen LogP contribution >= 0.6 is 11.8 Å². The predicted octanol–water partition coefficient (Wildman–Crippen LogP) is 1.91. The van der Waals surface area contributed by atoms with Crippen LogP contribution in [0.3, 0.4) is 0 Å². The molecule has 0 aliphatic carbocycles.